The number of unbranched alkanes of at least 4 members (excludes halogenated alkanes) is 13. The maximum absolute atomic E-state index is 10.7. The van der Waals surface area contributed by atoms with Gasteiger partial charge in [0, 0.05) is 30.7 Å². The number of carboxylic acids is 4. The lowest BCUT2D eigenvalue weighted by atomic mass is 10.0. The van der Waals surface area contributed by atoms with Crippen molar-refractivity contribution in [2.75, 3.05) is 67.0 Å². The Bertz CT molecular complexity index is 2490. The highest BCUT2D eigenvalue weighted by atomic mass is 33.1. The molecular weight excluding hydrogens is 1180 g/mol. The first-order valence-corrected chi connectivity index (χ1v) is 36.1. The number of carboxylic acid groups (broad SMARTS) is 4. The van der Waals surface area contributed by atoms with Crippen LogP contribution < -0.4 is 0 Å². The molecule has 4 N–H and O–H groups in total. The van der Waals surface area contributed by atoms with Gasteiger partial charge in [-0.1, -0.05) is 188 Å². The quantitative estimate of drug-likeness (QED) is 0.0170. The van der Waals surface area contributed by atoms with E-state index in [0.717, 1.165) is 24.1 Å². The molecule has 482 valence electrons. The molecule has 6 aromatic rings. The van der Waals surface area contributed by atoms with E-state index in [1.165, 1.54) is 212 Å². The van der Waals surface area contributed by atoms with Gasteiger partial charge in [0.15, 0.2) is 0 Å². The van der Waals surface area contributed by atoms with Gasteiger partial charge in [0.1, 0.15) is 13.1 Å². The summed E-state index contributed by atoms with van der Waals surface area (Å²) < 4.78 is 3.52. The summed E-state index contributed by atoms with van der Waals surface area (Å²) in [5, 5.41) is 35.2. The molecule has 0 bridgehead atoms. The fourth-order valence-electron chi connectivity index (χ4n) is 9.54. The average Bonchev–Trinajstić information content (AvgIpc) is 3.75. The minimum absolute atomic E-state index is 0.255. The predicted molar refractivity (Wildman–Crippen MR) is 374 cm³/mol. The van der Waals surface area contributed by atoms with Crippen molar-refractivity contribution in [2.45, 2.75) is 171 Å². The molecule has 11 nitrogen and oxygen atoms in total. The lowest BCUT2D eigenvalue weighted by Gasteiger charge is -2.35. The summed E-state index contributed by atoms with van der Waals surface area (Å²) in [4.78, 5) is 46.6. The van der Waals surface area contributed by atoms with Gasteiger partial charge in [-0.2, -0.15) is 0 Å². The second-order valence-electron chi connectivity index (χ2n) is 23.1. The van der Waals surface area contributed by atoms with Crippen LogP contribution in [0.15, 0.2) is 177 Å². The smallest absolute Gasteiger partial charge is 0.335 e. The lowest BCUT2D eigenvalue weighted by Crippen LogP contribution is -2.46. The van der Waals surface area contributed by atoms with E-state index in [-0.39, 0.29) is 22.3 Å². The van der Waals surface area contributed by atoms with E-state index in [1.54, 1.807) is 97.1 Å². The first-order chi connectivity index (χ1) is 42.2. The molecule has 0 saturated carbocycles. The summed E-state index contributed by atoms with van der Waals surface area (Å²) in [6, 6.07) is 48.0. The number of hydrogen-bond donors (Lipinski definition) is 4. The van der Waals surface area contributed by atoms with Gasteiger partial charge in [0.2, 0.25) is 0 Å². The summed E-state index contributed by atoms with van der Waals surface area (Å²) >= 11 is 0. The molecule has 0 aliphatic heterocycles. The SMILES string of the molecule is CCCCCCCCCCCCCCCC[N+](C)(C)C.CC[N+](CC)(CC)Cc1ccccc1.CC[N+](CC)(CC)Cc1ccccc1.O=C(O)c1ccc(SSc2ccc(C(=O)O)cc2)cc1.O=C(O)c1ccc(SSc2ccc(C(=O)O)cc2)cc1. The van der Waals surface area contributed by atoms with E-state index < -0.39 is 23.9 Å². The van der Waals surface area contributed by atoms with Gasteiger partial charge in [0.05, 0.1) is 89.2 Å². The van der Waals surface area contributed by atoms with Gasteiger partial charge in [0.25, 0.3) is 0 Å². The number of aromatic carboxylic acids is 4. The van der Waals surface area contributed by atoms with Crippen molar-refractivity contribution >= 4 is 67.1 Å². The third-order valence-corrected chi connectivity index (χ3v) is 20.6. The fraction of sp³-hybridized carbons (Fsp3) is 0.452. The number of quaternary nitrogens is 3. The number of carbonyl (C=O) groups is 4. The Hall–Kier alpha value is -5.52. The van der Waals surface area contributed by atoms with E-state index in [4.69, 9.17) is 20.4 Å². The van der Waals surface area contributed by atoms with E-state index in [2.05, 4.69) is 130 Å². The molecule has 6 aromatic carbocycles. The van der Waals surface area contributed by atoms with Crippen LogP contribution in [0.5, 0.6) is 0 Å². The Morgan fingerprint density at radius 1 is 0.307 bits per heavy atom. The first-order valence-electron chi connectivity index (χ1n) is 31.8. The zero-order valence-corrected chi connectivity index (χ0v) is 57.9. The van der Waals surface area contributed by atoms with Gasteiger partial charge in [-0.25, -0.2) is 19.2 Å². The van der Waals surface area contributed by atoms with Crippen molar-refractivity contribution in [3.8, 4) is 0 Å². The van der Waals surface area contributed by atoms with Gasteiger partial charge in [-0.05, 0) is 151 Å². The molecule has 6 rings (SSSR count). The van der Waals surface area contributed by atoms with Crippen molar-refractivity contribution in [3.05, 3.63) is 191 Å². The summed E-state index contributed by atoms with van der Waals surface area (Å²) in [6.07, 6.45) is 20.4. The predicted octanol–water partition coefficient (Wildman–Crippen LogP) is 20.1. The molecule has 0 spiro atoms. The van der Waals surface area contributed by atoms with Crippen LogP contribution in [0.4, 0.5) is 0 Å². The molecule has 0 amide bonds. The molecule has 0 atom stereocenters. The maximum Gasteiger partial charge on any atom is 0.335 e. The number of nitrogens with zero attached hydrogens (tertiary/aromatic N) is 3. The monoisotopic (exact) mass is 1280 g/mol. The van der Waals surface area contributed by atoms with Crippen molar-refractivity contribution in [3.63, 3.8) is 0 Å². The molecule has 88 heavy (non-hydrogen) atoms. The summed E-state index contributed by atoms with van der Waals surface area (Å²) in [5.74, 6) is -3.78. The highest BCUT2D eigenvalue weighted by molar-refractivity contribution is 8.77. The van der Waals surface area contributed by atoms with E-state index in [1.807, 2.05) is 0 Å². The van der Waals surface area contributed by atoms with Gasteiger partial charge in [-0.15, -0.1) is 0 Å². The fourth-order valence-corrected chi connectivity index (χ4v) is 13.4. The average molecular weight is 1280 g/mol. The standard InChI is InChI=1S/C19H42N.2C14H10O4S2.2C13H22N/c1-5-6-7-8-9-10-11-12-13-14-15-16-17-18-19-20(2,3)4;2*15-13(16)9-1-5-11(6-2-9)19-20-12-7-3-10(4-8-12)14(17)18;2*1-4-14(5-2,6-3)12-13-10-8-7-9-11-13/h5-19H2,1-4H3;2*1-8H,(H,15,16)(H,17,18);2*7-11H,4-6,12H2,1-3H3/q+1;;;2*+1. The van der Waals surface area contributed by atoms with Crippen LogP contribution in [-0.2, 0) is 13.1 Å². The van der Waals surface area contributed by atoms with Crippen LogP contribution in [0.1, 0.15) is 191 Å². The first kappa shape index (κ1) is 78.6. The summed E-state index contributed by atoms with van der Waals surface area (Å²) in [6.45, 7) is 27.0. The molecule has 15 heteroatoms. The maximum atomic E-state index is 10.7. The van der Waals surface area contributed by atoms with Crippen molar-refractivity contribution in [1.82, 2.24) is 0 Å². The molecule has 0 saturated heterocycles. The Labute approximate surface area is 545 Å². The lowest BCUT2D eigenvalue weighted by molar-refractivity contribution is -0.936. The number of rotatable bonds is 35. The van der Waals surface area contributed by atoms with E-state index in [9.17, 15) is 19.2 Å². The molecule has 0 heterocycles. The van der Waals surface area contributed by atoms with Crippen LogP contribution in [0.2, 0.25) is 0 Å². The van der Waals surface area contributed by atoms with Crippen LogP contribution in [-0.4, -0.2) is 125 Å². The van der Waals surface area contributed by atoms with Crippen LogP contribution >= 0.6 is 43.2 Å². The molecule has 0 fully saturated rings. The Balaban J connectivity index is 0.000000378. The molecule has 0 unspecified atom stereocenters. The topological polar surface area (TPSA) is 149 Å². The molecule has 0 radical (unpaired) electrons. The number of hydrogen-bond acceptors (Lipinski definition) is 8. The second-order valence-corrected chi connectivity index (χ2v) is 27.7. The molecule has 0 aromatic heterocycles. The van der Waals surface area contributed by atoms with Gasteiger partial charge < -0.3 is 33.9 Å². The van der Waals surface area contributed by atoms with Crippen molar-refractivity contribution < 1.29 is 53.1 Å². The molecular formula is C73H106N3O8S4+3. The van der Waals surface area contributed by atoms with E-state index in [0.29, 0.717) is 0 Å². The second kappa shape index (κ2) is 45.7. The highest BCUT2D eigenvalue weighted by Gasteiger charge is 2.22. The third kappa shape index (κ3) is 34.5. The molecule has 0 aliphatic carbocycles. The van der Waals surface area contributed by atoms with Crippen molar-refractivity contribution in [1.29, 1.82) is 0 Å². The largest absolute Gasteiger partial charge is 0.478 e. The van der Waals surface area contributed by atoms with Gasteiger partial charge >= 0.3 is 23.9 Å². The Morgan fingerprint density at radius 2 is 0.523 bits per heavy atom. The van der Waals surface area contributed by atoms with E-state index >= 15 is 0 Å². The highest BCUT2D eigenvalue weighted by Crippen LogP contribution is 2.38. The zero-order chi connectivity index (χ0) is 65.1. The zero-order valence-electron chi connectivity index (χ0n) is 54.7. The minimum Gasteiger partial charge on any atom is -0.478 e. The third-order valence-electron chi connectivity index (χ3n) is 15.8. The molecule has 0 aliphatic rings. The minimum atomic E-state index is -0.946. The Kier molecular flexibility index (Phi) is 40.8. The van der Waals surface area contributed by atoms with Crippen LogP contribution in [0.3, 0.4) is 0 Å². The summed E-state index contributed by atoms with van der Waals surface area (Å²) in [5.41, 5.74) is 3.93. The van der Waals surface area contributed by atoms with Crippen LogP contribution in [0, 0.1) is 0 Å². The summed E-state index contributed by atoms with van der Waals surface area (Å²) in [7, 11) is 12.8. The van der Waals surface area contributed by atoms with Gasteiger partial charge in [-0.3, -0.25) is 0 Å². The normalized spacial score (nSPS) is 11.1. The number of benzene rings is 6. The van der Waals surface area contributed by atoms with Crippen LogP contribution in [0.25, 0.3) is 0 Å². The van der Waals surface area contributed by atoms with Crippen molar-refractivity contribution in [2.24, 2.45) is 0 Å². The Morgan fingerprint density at radius 3 is 0.716 bits per heavy atom.